The molecule has 4 aromatic rings. The van der Waals surface area contributed by atoms with Crippen molar-refractivity contribution >= 4 is 22.8 Å². The summed E-state index contributed by atoms with van der Waals surface area (Å²) in [6.07, 6.45) is 4.80. The van der Waals surface area contributed by atoms with Crippen LogP contribution in [0.3, 0.4) is 0 Å². The highest BCUT2D eigenvalue weighted by Crippen LogP contribution is 2.30. The number of nitrogens with zero attached hydrogens (tertiary/aromatic N) is 7. The Morgan fingerprint density at radius 2 is 1.72 bits per heavy atom. The normalized spacial score (nSPS) is 18.4. The molecule has 1 atom stereocenters. The van der Waals surface area contributed by atoms with Crippen molar-refractivity contribution in [3.8, 4) is 23.3 Å². The lowest BCUT2D eigenvalue weighted by Gasteiger charge is -2.42. The number of pyridine rings is 1. The van der Waals surface area contributed by atoms with Gasteiger partial charge in [0.2, 0.25) is 0 Å². The molecule has 4 heterocycles. The molecule has 0 unspecified atom stereocenters. The van der Waals surface area contributed by atoms with Crippen LogP contribution in [0.1, 0.15) is 32.7 Å². The van der Waals surface area contributed by atoms with Crippen LogP contribution in [0.25, 0.3) is 16.7 Å². The summed E-state index contributed by atoms with van der Waals surface area (Å²) in [7, 11) is 2.10. The van der Waals surface area contributed by atoms with Crippen LogP contribution < -0.4 is 16.2 Å². The molecule has 0 radical (unpaired) electrons. The third-order valence-electron chi connectivity index (χ3n) is 9.10. The Kier molecular flexibility index (Phi) is 8.67. The molecule has 2 aromatic heterocycles. The molecule has 0 spiro atoms. The first-order valence-electron chi connectivity index (χ1n) is 15.7. The average molecular weight is 621 g/mol. The molecule has 2 saturated heterocycles. The minimum absolute atomic E-state index is 0.130. The van der Waals surface area contributed by atoms with Gasteiger partial charge in [-0.15, -0.1) is 0 Å². The first-order chi connectivity index (χ1) is 22.2. The number of aromatic nitrogens is 3. The number of imidazole rings is 1. The van der Waals surface area contributed by atoms with Crippen molar-refractivity contribution in [2.45, 2.75) is 38.3 Å². The van der Waals surface area contributed by atoms with Crippen LogP contribution in [-0.2, 0) is 4.79 Å². The fraction of sp³-hybridized carbons (Fsp3) is 0.371. The third kappa shape index (κ3) is 6.14. The number of piperidine rings is 1. The lowest BCUT2D eigenvalue weighted by molar-refractivity contribution is -0.128. The van der Waals surface area contributed by atoms with E-state index in [-0.39, 0.29) is 29.0 Å². The van der Waals surface area contributed by atoms with E-state index >= 15 is 0 Å². The van der Waals surface area contributed by atoms with E-state index < -0.39 is 5.54 Å². The Bertz CT molecular complexity index is 1840. The Morgan fingerprint density at radius 1 is 1.02 bits per heavy atom. The number of rotatable bonds is 7. The van der Waals surface area contributed by atoms with Crippen molar-refractivity contribution in [3.63, 3.8) is 0 Å². The second-order valence-corrected chi connectivity index (χ2v) is 12.6. The van der Waals surface area contributed by atoms with Gasteiger partial charge in [-0.25, -0.2) is 9.78 Å². The van der Waals surface area contributed by atoms with E-state index in [4.69, 9.17) is 10.5 Å². The highest BCUT2D eigenvalue weighted by molar-refractivity contribution is 5.97. The topological polar surface area (TPSA) is 126 Å². The van der Waals surface area contributed by atoms with Gasteiger partial charge in [0.05, 0.1) is 17.2 Å². The number of piperazine rings is 1. The van der Waals surface area contributed by atoms with E-state index in [1.807, 2.05) is 54.6 Å². The largest absolute Gasteiger partial charge is 0.457 e. The number of carbonyl (C=O) groups is 1. The molecule has 2 N–H and O–H groups in total. The third-order valence-corrected chi connectivity index (χ3v) is 9.10. The van der Waals surface area contributed by atoms with E-state index in [1.54, 1.807) is 32.4 Å². The molecule has 1 amide bonds. The number of ether oxygens (including phenoxy) is 1. The summed E-state index contributed by atoms with van der Waals surface area (Å²) in [4.78, 5) is 38.6. The van der Waals surface area contributed by atoms with Crippen LogP contribution in [0.5, 0.6) is 11.5 Å². The average Bonchev–Trinajstić information content (AvgIpc) is 3.37. The summed E-state index contributed by atoms with van der Waals surface area (Å²) in [6, 6.07) is 20.4. The van der Waals surface area contributed by atoms with Crippen LogP contribution in [0.15, 0.2) is 83.3 Å². The summed E-state index contributed by atoms with van der Waals surface area (Å²) in [5.74, 6) is 1.28. The van der Waals surface area contributed by atoms with Crippen LogP contribution >= 0.6 is 0 Å². The highest BCUT2D eigenvalue weighted by atomic mass is 16.5. The predicted molar refractivity (Wildman–Crippen MR) is 178 cm³/mol. The van der Waals surface area contributed by atoms with Crippen LogP contribution in [0.4, 0.5) is 5.82 Å². The van der Waals surface area contributed by atoms with Crippen LogP contribution in [0, 0.1) is 11.3 Å². The zero-order valence-corrected chi connectivity index (χ0v) is 26.6. The number of amides is 1. The number of nitriles is 1. The maximum atomic E-state index is 14.2. The van der Waals surface area contributed by atoms with Gasteiger partial charge in [-0.2, -0.15) is 5.26 Å². The van der Waals surface area contributed by atoms with Crippen molar-refractivity contribution < 1.29 is 9.53 Å². The molecule has 2 fully saturated rings. The number of hydrogen-bond acceptors (Lipinski definition) is 8. The minimum Gasteiger partial charge on any atom is -0.457 e. The molecule has 238 valence electrons. The maximum Gasteiger partial charge on any atom is 0.334 e. The van der Waals surface area contributed by atoms with E-state index in [0.717, 1.165) is 26.2 Å². The van der Waals surface area contributed by atoms with Gasteiger partial charge in [-0.1, -0.05) is 18.2 Å². The Balaban J connectivity index is 1.28. The van der Waals surface area contributed by atoms with Crippen LogP contribution in [-0.4, -0.2) is 86.6 Å². The first-order valence-corrected chi connectivity index (χ1v) is 15.7. The molecule has 0 aliphatic carbocycles. The number of benzene rings is 2. The van der Waals surface area contributed by atoms with Gasteiger partial charge in [0, 0.05) is 51.0 Å². The molecule has 0 saturated carbocycles. The van der Waals surface area contributed by atoms with Crippen molar-refractivity contribution in [1.29, 1.82) is 5.26 Å². The van der Waals surface area contributed by atoms with Gasteiger partial charge in [0.25, 0.3) is 5.91 Å². The van der Waals surface area contributed by atoms with E-state index in [2.05, 4.69) is 41.7 Å². The highest BCUT2D eigenvalue weighted by Gasteiger charge is 2.33. The number of nitrogens with two attached hydrogens (primary N) is 1. The summed E-state index contributed by atoms with van der Waals surface area (Å²) in [5.41, 5.74) is 7.57. The number of likely N-dealkylation sites (tertiary alicyclic amines) is 1. The quantitative estimate of drug-likeness (QED) is 0.241. The zero-order valence-electron chi connectivity index (χ0n) is 26.6. The van der Waals surface area contributed by atoms with Gasteiger partial charge in [-0.3, -0.25) is 18.8 Å². The van der Waals surface area contributed by atoms with Crippen molar-refractivity contribution in [3.05, 3.63) is 89.0 Å². The number of para-hydroxylation sites is 1. The molecule has 0 bridgehead atoms. The second-order valence-electron chi connectivity index (χ2n) is 12.6. The Hall–Kier alpha value is -4.92. The minimum atomic E-state index is -0.451. The van der Waals surface area contributed by atoms with E-state index in [1.165, 1.54) is 0 Å². The van der Waals surface area contributed by atoms with Crippen molar-refractivity contribution in [2.24, 2.45) is 0 Å². The molecule has 46 heavy (non-hydrogen) atoms. The van der Waals surface area contributed by atoms with Gasteiger partial charge in [-0.05, 0) is 82.3 Å². The van der Waals surface area contributed by atoms with E-state index in [9.17, 15) is 14.9 Å². The monoisotopic (exact) mass is 620 g/mol. The first kappa shape index (κ1) is 31.1. The van der Waals surface area contributed by atoms with Gasteiger partial charge in [0.15, 0.2) is 0 Å². The van der Waals surface area contributed by atoms with Gasteiger partial charge >= 0.3 is 5.69 Å². The standard InChI is InChI=1S/C35H40N8O3/c1-35(2,41-20-18-39(3)19-21-41)22-25(23-36)33(44)40-17-7-8-27(24-40)42-30-15-16-38-32(37)31(30)43(34(42)45)26-11-13-29(14-12-26)46-28-9-5-4-6-10-28/h4-6,9-16,22,27H,7-8,17-21,24H2,1-3H3,(H2,37,38)/b25-22-/t27-/m1/s1. The van der Waals surface area contributed by atoms with Crippen molar-refractivity contribution in [2.75, 3.05) is 52.0 Å². The number of anilines is 1. The number of nitrogen functional groups attached to an aromatic ring is 1. The van der Waals surface area contributed by atoms with E-state index in [0.29, 0.717) is 54.2 Å². The number of carbonyl (C=O) groups excluding carboxylic acids is 1. The van der Waals surface area contributed by atoms with Crippen molar-refractivity contribution in [1.82, 2.24) is 28.8 Å². The SMILES string of the molecule is CN1CCN(C(C)(C)/C=C(/C#N)C(=O)N2CCC[C@@H](n3c(=O)n(-c4ccc(Oc5ccccc5)cc4)c4c(N)nccc43)C2)CC1. The second kappa shape index (κ2) is 12.8. The predicted octanol–water partition coefficient (Wildman–Crippen LogP) is 4.20. The molecular formula is C35H40N8O3. The van der Waals surface area contributed by atoms with Crippen LogP contribution in [0.2, 0.25) is 0 Å². The fourth-order valence-electron chi connectivity index (χ4n) is 6.56. The summed E-state index contributed by atoms with van der Waals surface area (Å²) < 4.78 is 9.24. The lowest BCUT2D eigenvalue weighted by Crippen LogP contribution is -2.53. The summed E-state index contributed by atoms with van der Waals surface area (Å²) in [6.45, 7) is 8.54. The number of fused-ring (bicyclic) bond motifs is 1. The zero-order chi connectivity index (χ0) is 32.4. The molecule has 6 rings (SSSR count). The molecule has 11 heteroatoms. The molecule has 2 aliphatic rings. The maximum absolute atomic E-state index is 14.2. The summed E-state index contributed by atoms with van der Waals surface area (Å²) >= 11 is 0. The molecular weight excluding hydrogens is 580 g/mol. The Morgan fingerprint density at radius 3 is 2.41 bits per heavy atom. The smallest absolute Gasteiger partial charge is 0.334 e. The van der Waals surface area contributed by atoms with Gasteiger partial charge in [0.1, 0.15) is 34.5 Å². The molecule has 2 aliphatic heterocycles. The number of likely N-dealkylation sites (N-methyl/N-ethyl adjacent to an activating group) is 1. The fourth-order valence-corrected chi connectivity index (χ4v) is 6.56. The molecule has 2 aromatic carbocycles. The molecule has 11 nitrogen and oxygen atoms in total. The Labute approximate surface area is 268 Å². The van der Waals surface area contributed by atoms with Gasteiger partial charge < -0.3 is 20.3 Å². The lowest BCUT2D eigenvalue weighted by atomic mass is 9.96. The number of hydrogen-bond donors (Lipinski definition) is 1. The summed E-state index contributed by atoms with van der Waals surface area (Å²) in [5, 5.41) is 10.1.